The molecule has 2 aromatic rings. The maximum atomic E-state index is 14.4. The number of halogens is 1. The number of carbonyl (C=O) groups excluding carboxylic acids is 1. The van der Waals surface area contributed by atoms with Gasteiger partial charge < -0.3 is 9.47 Å². The second-order valence-electron chi connectivity index (χ2n) is 6.01. The molecule has 0 aliphatic heterocycles. The van der Waals surface area contributed by atoms with Gasteiger partial charge in [0.2, 0.25) is 0 Å². The maximum Gasteiger partial charge on any atom is 0.341 e. The van der Waals surface area contributed by atoms with E-state index in [1.807, 2.05) is 6.07 Å². The molecule has 0 bridgehead atoms. The highest BCUT2D eigenvalue weighted by atomic mass is 19.1. The first-order valence-electron chi connectivity index (χ1n) is 8.06. The molecule has 0 radical (unpaired) electrons. The minimum atomic E-state index is -0.473. The van der Waals surface area contributed by atoms with Crippen LogP contribution < -0.4 is 0 Å². The summed E-state index contributed by atoms with van der Waals surface area (Å²) in [5.41, 5.74) is 3.83. The third kappa shape index (κ3) is 3.19. The van der Waals surface area contributed by atoms with Crippen molar-refractivity contribution in [3.8, 4) is 0 Å². The van der Waals surface area contributed by atoms with Gasteiger partial charge in [0.05, 0.1) is 32.2 Å². The van der Waals surface area contributed by atoms with Crippen LogP contribution in [0.5, 0.6) is 0 Å². The van der Waals surface area contributed by atoms with Crippen molar-refractivity contribution in [1.29, 1.82) is 0 Å². The van der Waals surface area contributed by atoms with E-state index in [2.05, 4.69) is 5.10 Å². The molecule has 0 N–H and O–H groups in total. The number of carbonyl (C=O) groups is 1. The second kappa shape index (κ2) is 7.13. The van der Waals surface area contributed by atoms with Crippen LogP contribution in [-0.4, -0.2) is 30.0 Å². The fraction of sp³-hybridized carbons (Fsp3) is 0.444. The first kappa shape index (κ1) is 16.6. The van der Waals surface area contributed by atoms with Crippen molar-refractivity contribution in [2.75, 3.05) is 14.2 Å². The average molecular weight is 332 g/mol. The highest BCUT2D eigenvalue weighted by Crippen LogP contribution is 2.25. The number of ether oxygens (including phenoxy) is 2. The van der Waals surface area contributed by atoms with Crippen molar-refractivity contribution in [1.82, 2.24) is 9.78 Å². The molecule has 1 aromatic heterocycles. The maximum absolute atomic E-state index is 14.4. The molecule has 1 heterocycles. The molecule has 0 amide bonds. The van der Waals surface area contributed by atoms with Crippen molar-refractivity contribution >= 4 is 5.97 Å². The normalized spacial score (nSPS) is 13.6. The van der Waals surface area contributed by atoms with E-state index in [-0.39, 0.29) is 19.0 Å². The van der Waals surface area contributed by atoms with E-state index in [1.165, 1.54) is 26.0 Å². The molecule has 3 rings (SSSR count). The molecule has 1 aliphatic rings. The number of aromatic nitrogens is 2. The Morgan fingerprint density at radius 2 is 1.96 bits per heavy atom. The van der Waals surface area contributed by atoms with Crippen molar-refractivity contribution in [2.45, 2.75) is 38.8 Å². The van der Waals surface area contributed by atoms with Crippen LogP contribution in [0.2, 0.25) is 0 Å². The Bertz CT molecular complexity index is 755. The lowest BCUT2D eigenvalue weighted by atomic mass is 9.90. The number of hydrogen-bond donors (Lipinski definition) is 0. The number of benzene rings is 1. The second-order valence-corrected chi connectivity index (χ2v) is 6.01. The van der Waals surface area contributed by atoms with Crippen LogP contribution in [-0.2, 0) is 35.5 Å². The van der Waals surface area contributed by atoms with E-state index in [0.717, 1.165) is 31.2 Å². The zero-order chi connectivity index (χ0) is 17.1. The van der Waals surface area contributed by atoms with E-state index >= 15 is 0 Å². The summed E-state index contributed by atoms with van der Waals surface area (Å²) in [7, 11) is 2.86. The smallest absolute Gasteiger partial charge is 0.341 e. The molecule has 24 heavy (non-hydrogen) atoms. The van der Waals surface area contributed by atoms with E-state index in [9.17, 15) is 9.18 Å². The molecule has 0 saturated heterocycles. The predicted molar refractivity (Wildman–Crippen MR) is 86.4 cm³/mol. The van der Waals surface area contributed by atoms with E-state index < -0.39 is 5.97 Å². The highest BCUT2D eigenvalue weighted by molar-refractivity contribution is 5.90. The molecule has 128 valence electrons. The van der Waals surface area contributed by atoms with Gasteiger partial charge >= 0.3 is 5.97 Å². The summed E-state index contributed by atoms with van der Waals surface area (Å²) in [6.07, 6.45) is 5.62. The van der Waals surface area contributed by atoms with Crippen LogP contribution in [0, 0.1) is 5.82 Å². The molecule has 0 saturated carbocycles. The van der Waals surface area contributed by atoms with E-state index in [0.29, 0.717) is 16.8 Å². The Morgan fingerprint density at radius 3 is 2.62 bits per heavy atom. The van der Waals surface area contributed by atoms with Crippen molar-refractivity contribution in [2.24, 2.45) is 0 Å². The SMILES string of the molecule is COCc1c(C(=O)OC)cnn1Cc1cc2c(cc1F)CCCC2. The van der Waals surface area contributed by atoms with Crippen LogP contribution in [0.1, 0.15) is 45.6 Å². The molecule has 0 atom stereocenters. The van der Waals surface area contributed by atoms with Gasteiger partial charge in [0, 0.05) is 12.7 Å². The Balaban J connectivity index is 1.93. The topological polar surface area (TPSA) is 53.4 Å². The average Bonchev–Trinajstić information content (AvgIpc) is 2.98. The number of nitrogens with zero attached hydrogens (tertiary/aromatic N) is 2. The number of esters is 1. The lowest BCUT2D eigenvalue weighted by Gasteiger charge is -2.18. The molecule has 6 heteroatoms. The summed E-state index contributed by atoms with van der Waals surface area (Å²) >= 11 is 0. The summed E-state index contributed by atoms with van der Waals surface area (Å²) in [5.74, 6) is -0.701. The summed E-state index contributed by atoms with van der Waals surface area (Å²) in [4.78, 5) is 11.8. The van der Waals surface area contributed by atoms with Crippen LogP contribution in [0.25, 0.3) is 0 Å². The molecule has 0 spiro atoms. The van der Waals surface area contributed by atoms with Gasteiger partial charge in [-0.1, -0.05) is 6.07 Å². The lowest BCUT2D eigenvalue weighted by molar-refractivity contribution is 0.0595. The molecular weight excluding hydrogens is 311 g/mol. The third-order valence-electron chi connectivity index (χ3n) is 4.47. The molecule has 0 unspecified atom stereocenters. The van der Waals surface area contributed by atoms with E-state index in [1.54, 1.807) is 10.7 Å². The molecular formula is C18H21FN2O3. The Hall–Kier alpha value is -2.21. The van der Waals surface area contributed by atoms with Gasteiger partial charge in [0.25, 0.3) is 0 Å². The van der Waals surface area contributed by atoms with Gasteiger partial charge in [-0.15, -0.1) is 0 Å². The van der Waals surface area contributed by atoms with Crippen LogP contribution in [0.4, 0.5) is 4.39 Å². The zero-order valence-electron chi connectivity index (χ0n) is 14.0. The van der Waals surface area contributed by atoms with Crippen LogP contribution in [0.15, 0.2) is 18.3 Å². The molecule has 5 nitrogen and oxygen atoms in total. The summed E-state index contributed by atoms with van der Waals surface area (Å²) < 4.78 is 26.0. The fourth-order valence-corrected chi connectivity index (χ4v) is 3.21. The third-order valence-corrected chi connectivity index (χ3v) is 4.47. The van der Waals surface area contributed by atoms with E-state index in [4.69, 9.17) is 9.47 Å². The summed E-state index contributed by atoms with van der Waals surface area (Å²) in [6, 6.07) is 3.57. The minimum absolute atomic E-state index is 0.205. The summed E-state index contributed by atoms with van der Waals surface area (Å²) in [6.45, 7) is 0.464. The molecule has 0 fully saturated rings. The number of rotatable bonds is 5. The quantitative estimate of drug-likeness (QED) is 0.790. The number of fused-ring (bicyclic) bond motifs is 1. The van der Waals surface area contributed by atoms with Gasteiger partial charge in [-0.25, -0.2) is 9.18 Å². The zero-order valence-corrected chi connectivity index (χ0v) is 14.0. The van der Waals surface area contributed by atoms with Crippen molar-refractivity contribution in [3.63, 3.8) is 0 Å². The number of hydrogen-bond acceptors (Lipinski definition) is 4. The molecule has 1 aromatic carbocycles. The Morgan fingerprint density at radius 1 is 1.25 bits per heavy atom. The standard InChI is InChI=1S/C18H21FN2O3/c1-23-11-17-15(18(22)24-2)9-20-21(17)10-14-7-12-5-3-4-6-13(12)8-16(14)19/h7-9H,3-6,10-11H2,1-2H3. The van der Waals surface area contributed by atoms with Gasteiger partial charge in [-0.2, -0.15) is 5.10 Å². The van der Waals surface area contributed by atoms with Gasteiger partial charge in [0.1, 0.15) is 11.4 Å². The van der Waals surface area contributed by atoms with Gasteiger partial charge in [-0.3, -0.25) is 4.68 Å². The number of methoxy groups -OCH3 is 2. The largest absolute Gasteiger partial charge is 0.465 e. The van der Waals surface area contributed by atoms with Crippen molar-refractivity contribution in [3.05, 3.63) is 52.1 Å². The first-order chi connectivity index (χ1) is 11.6. The lowest BCUT2D eigenvalue weighted by Crippen LogP contribution is -2.13. The summed E-state index contributed by atoms with van der Waals surface area (Å²) in [5, 5.41) is 4.22. The monoisotopic (exact) mass is 332 g/mol. The van der Waals surface area contributed by atoms with Gasteiger partial charge in [0.15, 0.2) is 0 Å². The van der Waals surface area contributed by atoms with Crippen molar-refractivity contribution < 1.29 is 18.7 Å². The Labute approximate surface area is 140 Å². The minimum Gasteiger partial charge on any atom is -0.465 e. The first-order valence-corrected chi connectivity index (χ1v) is 8.06. The predicted octanol–water partition coefficient (Wildman–Crippen LogP) is 2.88. The highest BCUT2D eigenvalue weighted by Gasteiger charge is 2.20. The van der Waals surface area contributed by atoms with Crippen LogP contribution >= 0.6 is 0 Å². The fourth-order valence-electron chi connectivity index (χ4n) is 3.21. The number of aryl methyl sites for hydroxylation is 2. The van der Waals surface area contributed by atoms with Gasteiger partial charge in [-0.05, 0) is 42.9 Å². The van der Waals surface area contributed by atoms with Crippen LogP contribution in [0.3, 0.4) is 0 Å². The Kier molecular flexibility index (Phi) is 4.94. The molecule has 1 aliphatic carbocycles.